The van der Waals surface area contributed by atoms with Crippen LogP contribution in [0.1, 0.15) is 32.1 Å². The van der Waals surface area contributed by atoms with Crippen LogP contribution in [0.4, 0.5) is 11.4 Å². The van der Waals surface area contributed by atoms with E-state index in [0.717, 1.165) is 71.6 Å². The predicted octanol–water partition coefficient (Wildman–Crippen LogP) is 4.59. The van der Waals surface area contributed by atoms with E-state index in [9.17, 15) is 4.79 Å². The van der Waals surface area contributed by atoms with Gasteiger partial charge in [0.15, 0.2) is 11.5 Å². The van der Waals surface area contributed by atoms with Crippen molar-refractivity contribution in [2.45, 2.75) is 33.0 Å². The molecule has 2 N–H and O–H groups in total. The molecule has 0 spiro atoms. The number of para-hydroxylation sites is 2. The molecule has 0 atom stereocenters. The van der Waals surface area contributed by atoms with Crippen molar-refractivity contribution in [3.8, 4) is 11.5 Å². The second kappa shape index (κ2) is 11.7. The molecule has 0 saturated carbocycles. The molecule has 198 valence electrons. The largest absolute Gasteiger partial charge is 0.493 e. The highest BCUT2D eigenvalue weighted by atomic mass is 32.1. The number of nitrogens with one attached hydrogen (secondary N) is 2. The molecule has 1 aliphatic heterocycles. The van der Waals surface area contributed by atoms with Gasteiger partial charge in [-0.3, -0.25) is 14.4 Å². The van der Waals surface area contributed by atoms with Crippen LogP contribution in [0.15, 0.2) is 54.0 Å². The fourth-order valence-corrected chi connectivity index (χ4v) is 5.44. The van der Waals surface area contributed by atoms with Crippen LogP contribution in [0.2, 0.25) is 0 Å². The number of methoxy groups -OCH3 is 2. The zero-order valence-corrected chi connectivity index (χ0v) is 22.7. The molecule has 0 unspecified atom stereocenters. The number of carbonyl (C=O) groups excluding carboxylic acids is 1. The Labute approximate surface area is 226 Å². The first-order valence-electron chi connectivity index (χ1n) is 12.6. The quantitative estimate of drug-likeness (QED) is 0.309. The van der Waals surface area contributed by atoms with Crippen molar-refractivity contribution in [1.29, 1.82) is 0 Å². The number of amides is 1. The molecule has 1 amide bonds. The van der Waals surface area contributed by atoms with E-state index in [2.05, 4.69) is 38.0 Å². The number of aromatic nitrogens is 3. The summed E-state index contributed by atoms with van der Waals surface area (Å²) in [5.41, 5.74) is 5.97. The molecule has 0 fully saturated rings. The van der Waals surface area contributed by atoms with Crippen molar-refractivity contribution in [1.82, 2.24) is 19.9 Å². The normalized spacial score (nSPS) is 13.1. The minimum absolute atomic E-state index is 0.101. The highest BCUT2D eigenvalue weighted by Gasteiger charge is 2.19. The van der Waals surface area contributed by atoms with E-state index < -0.39 is 0 Å². The second-order valence-electron chi connectivity index (χ2n) is 9.26. The van der Waals surface area contributed by atoms with E-state index in [1.807, 2.05) is 53.5 Å². The summed E-state index contributed by atoms with van der Waals surface area (Å²) in [6.45, 7) is 5.93. The fourth-order valence-electron chi connectivity index (χ4n) is 4.62. The molecular formula is C28H32N6O3S. The fraction of sp³-hybridized carbons (Fsp3) is 0.321. The summed E-state index contributed by atoms with van der Waals surface area (Å²) in [5.74, 6) is 1.45. The molecule has 5 rings (SSSR count). The van der Waals surface area contributed by atoms with Crippen molar-refractivity contribution in [2.75, 3.05) is 37.9 Å². The van der Waals surface area contributed by atoms with Gasteiger partial charge >= 0.3 is 0 Å². The number of carbonyl (C=O) groups is 1. The maximum absolute atomic E-state index is 12.7. The summed E-state index contributed by atoms with van der Waals surface area (Å²) in [6, 6.07) is 13.8. The number of nitrogens with zero attached hydrogens (tertiary/aromatic N) is 4. The molecule has 3 heterocycles. The summed E-state index contributed by atoms with van der Waals surface area (Å²) < 4.78 is 12.8. The van der Waals surface area contributed by atoms with Crippen molar-refractivity contribution in [2.24, 2.45) is 0 Å². The maximum Gasteiger partial charge on any atom is 0.266 e. The third-order valence-electron chi connectivity index (χ3n) is 6.73. The van der Waals surface area contributed by atoms with Gasteiger partial charge < -0.3 is 20.1 Å². The van der Waals surface area contributed by atoms with Crippen LogP contribution in [0, 0.1) is 6.92 Å². The molecule has 38 heavy (non-hydrogen) atoms. The topological polar surface area (TPSA) is 93.5 Å². The summed E-state index contributed by atoms with van der Waals surface area (Å²) in [4.78, 5) is 15.8. The van der Waals surface area contributed by atoms with Crippen LogP contribution in [0.5, 0.6) is 11.5 Å². The lowest BCUT2D eigenvalue weighted by atomic mass is 9.99. The van der Waals surface area contributed by atoms with E-state index in [1.54, 1.807) is 14.2 Å². The van der Waals surface area contributed by atoms with Crippen molar-refractivity contribution in [3.05, 3.63) is 81.3 Å². The van der Waals surface area contributed by atoms with E-state index in [1.165, 1.54) is 22.5 Å². The third kappa shape index (κ3) is 5.81. The Morgan fingerprint density at radius 1 is 1.05 bits per heavy atom. The number of benzene rings is 2. The minimum Gasteiger partial charge on any atom is -0.493 e. The van der Waals surface area contributed by atoms with Gasteiger partial charge in [0, 0.05) is 19.6 Å². The van der Waals surface area contributed by atoms with Crippen LogP contribution in [0.25, 0.3) is 0 Å². The van der Waals surface area contributed by atoms with Gasteiger partial charge in [-0.25, -0.2) is 0 Å². The zero-order valence-electron chi connectivity index (χ0n) is 21.9. The number of fused-ring (bicyclic) bond motifs is 1. The van der Waals surface area contributed by atoms with Gasteiger partial charge in [0.2, 0.25) is 0 Å². The predicted molar refractivity (Wildman–Crippen MR) is 149 cm³/mol. The smallest absolute Gasteiger partial charge is 0.266 e. The molecule has 0 radical (unpaired) electrons. The first-order chi connectivity index (χ1) is 18.5. The molecule has 9 nitrogen and oxygen atoms in total. The number of hydrogen-bond donors (Lipinski definition) is 2. The van der Waals surface area contributed by atoms with Gasteiger partial charge in [0.1, 0.15) is 5.69 Å². The molecule has 4 aromatic rings. The Bertz CT molecular complexity index is 1420. The number of rotatable bonds is 10. The van der Waals surface area contributed by atoms with E-state index in [4.69, 9.17) is 9.47 Å². The summed E-state index contributed by atoms with van der Waals surface area (Å²) in [5, 5.41) is 17.0. The Balaban J connectivity index is 1.15. The SMILES string of the molecule is COc1cc2c(cc1OC)CN(CCn1cc(CNc3ccccc3NC(=O)c3sccc3C)nn1)CC2. The molecule has 0 aliphatic carbocycles. The molecule has 2 aromatic carbocycles. The number of ether oxygens (including phenoxy) is 2. The first-order valence-corrected chi connectivity index (χ1v) is 13.5. The lowest BCUT2D eigenvalue weighted by Crippen LogP contribution is -2.33. The van der Waals surface area contributed by atoms with Gasteiger partial charge in [0.05, 0.1) is 49.8 Å². The first kappa shape index (κ1) is 25.7. The van der Waals surface area contributed by atoms with Gasteiger partial charge in [-0.1, -0.05) is 17.3 Å². The molecular weight excluding hydrogens is 500 g/mol. The number of aryl methyl sites for hydroxylation is 1. The van der Waals surface area contributed by atoms with Gasteiger partial charge in [-0.2, -0.15) is 0 Å². The van der Waals surface area contributed by atoms with E-state index >= 15 is 0 Å². The second-order valence-corrected chi connectivity index (χ2v) is 10.2. The molecule has 0 saturated heterocycles. The lowest BCUT2D eigenvalue weighted by molar-refractivity contribution is 0.103. The molecule has 2 aromatic heterocycles. The summed E-state index contributed by atoms with van der Waals surface area (Å²) in [6.07, 6.45) is 2.94. The molecule has 10 heteroatoms. The average Bonchev–Trinajstić information content (AvgIpc) is 3.59. The standard InChI is InChI=1S/C28H32N6O3S/c1-19-9-13-38-27(19)28(35)30-24-7-5-4-6-23(24)29-16-22-18-34(32-31-22)12-11-33-10-8-20-14-25(36-2)26(37-3)15-21(20)17-33/h4-7,9,13-15,18,29H,8,10-12,16-17H2,1-3H3,(H,30,35). The maximum atomic E-state index is 12.7. The molecule has 0 bridgehead atoms. The van der Waals surface area contributed by atoms with Crippen molar-refractivity contribution < 1.29 is 14.3 Å². The Morgan fingerprint density at radius 3 is 2.55 bits per heavy atom. The summed E-state index contributed by atoms with van der Waals surface area (Å²) >= 11 is 1.44. The molecule has 1 aliphatic rings. The van der Waals surface area contributed by atoms with Crippen LogP contribution in [0.3, 0.4) is 0 Å². The van der Waals surface area contributed by atoms with Crippen LogP contribution in [-0.2, 0) is 26.1 Å². The summed E-state index contributed by atoms with van der Waals surface area (Å²) in [7, 11) is 3.34. The average molecular weight is 533 g/mol. The van der Waals surface area contributed by atoms with Gasteiger partial charge in [-0.05, 0) is 65.7 Å². The van der Waals surface area contributed by atoms with Gasteiger partial charge in [-0.15, -0.1) is 16.4 Å². The van der Waals surface area contributed by atoms with Crippen LogP contribution >= 0.6 is 11.3 Å². The van der Waals surface area contributed by atoms with Crippen LogP contribution in [-0.4, -0.2) is 53.1 Å². The van der Waals surface area contributed by atoms with E-state index in [-0.39, 0.29) is 5.91 Å². The number of hydrogen-bond acceptors (Lipinski definition) is 8. The Morgan fingerprint density at radius 2 is 1.82 bits per heavy atom. The van der Waals surface area contributed by atoms with Gasteiger partial charge in [0.25, 0.3) is 5.91 Å². The van der Waals surface area contributed by atoms with E-state index in [0.29, 0.717) is 6.54 Å². The highest BCUT2D eigenvalue weighted by molar-refractivity contribution is 7.12. The third-order valence-corrected chi connectivity index (χ3v) is 7.75. The van der Waals surface area contributed by atoms with Crippen molar-refractivity contribution in [3.63, 3.8) is 0 Å². The zero-order chi connectivity index (χ0) is 26.5. The monoisotopic (exact) mass is 532 g/mol. The van der Waals surface area contributed by atoms with Crippen LogP contribution < -0.4 is 20.1 Å². The Hall–Kier alpha value is -3.89. The number of anilines is 2. The highest BCUT2D eigenvalue weighted by Crippen LogP contribution is 2.33. The lowest BCUT2D eigenvalue weighted by Gasteiger charge is -2.29. The number of thiophene rings is 1. The minimum atomic E-state index is -0.101. The Kier molecular flexibility index (Phi) is 7.90. The van der Waals surface area contributed by atoms with Crippen molar-refractivity contribution >= 4 is 28.6 Å².